The molecule has 28 heavy (non-hydrogen) atoms. The van der Waals surface area contributed by atoms with Crippen molar-refractivity contribution in [2.45, 2.75) is 45.2 Å². The van der Waals surface area contributed by atoms with Gasteiger partial charge in [0.25, 0.3) is 5.56 Å². The highest BCUT2D eigenvalue weighted by Crippen LogP contribution is 2.30. The standard InChI is InChI=1S/C19H26N4O4S/c1-5-7-14(15-9-13(27-8-6-2)10-16(24)20-15)21-18(25)19(4)11-28-17(22-19)12(3)23-26/h6,9-10,14,26H,2,5,7-8,11H2,1,3-4H3,(H,20,24)(H,21,25)/b23-12+/t14-,19+/m1/s1. The third kappa shape index (κ3) is 5.25. The number of pyridine rings is 1. The largest absolute Gasteiger partial charge is 0.489 e. The maximum atomic E-state index is 13.0. The lowest BCUT2D eigenvalue weighted by Gasteiger charge is -2.25. The number of aliphatic imine (C=N–C) groups is 1. The molecule has 1 aliphatic heterocycles. The van der Waals surface area contributed by atoms with Gasteiger partial charge in [-0.3, -0.25) is 14.6 Å². The van der Waals surface area contributed by atoms with Crippen LogP contribution in [0.2, 0.25) is 0 Å². The molecule has 2 atom stereocenters. The van der Waals surface area contributed by atoms with E-state index in [-0.39, 0.29) is 24.1 Å². The Bertz CT molecular complexity index is 849. The Labute approximate surface area is 168 Å². The molecule has 2 rings (SSSR count). The highest BCUT2D eigenvalue weighted by Gasteiger charge is 2.39. The molecule has 1 amide bonds. The van der Waals surface area contributed by atoms with Crippen LogP contribution in [0.25, 0.3) is 0 Å². The first kappa shape index (κ1) is 21.7. The molecule has 3 N–H and O–H groups in total. The van der Waals surface area contributed by atoms with Gasteiger partial charge in [-0.1, -0.05) is 31.2 Å². The fraction of sp³-hybridized carbons (Fsp3) is 0.474. The van der Waals surface area contributed by atoms with Gasteiger partial charge >= 0.3 is 0 Å². The number of aromatic amines is 1. The summed E-state index contributed by atoms with van der Waals surface area (Å²) >= 11 is 1.37. The molecule has 2 heterocycles. The topological polar surface area (TPSA) is 116 Å². The van der Waals surface area contributed by atoms with Gasteiger partial charge in [-0.15, -0.1) is 11.8 Å². The van der Waals surface area contributed by atoms with Gasteiger partial charge in [0.2, 0.25) is 5.91 Å². The smallest absolute Gasteiger partial charge is 0.251 e. The van der Waals surface area contributed by atoms with Crippen LogP contribution in [0, 0.1) is 0 Å². The minimum atomic E-state index is -0.977. The molecule has 0 saturated carbocycles. The second kappa shape index (κ2) is 9.59. The molecule has 1 aliphatic rings. The molecule has 0 fully saturated rings. The summed E-state index contributed by atoms with van der Waals surface area (Å²) in [6.07, 6.45) is 3.04. The summed E-state index contributed by atoms with van der Waals surface area (Å²) in [5.41, 5.74) is -0.323. The molecule has 1 aromatic rings. The highest BCUT2D eigenvalue weighted by atomic mass is 32.2. The van der Waals surface area contributed by atoms with Gasteiger partial charge in [0.15, 0.2) is 0 Å². The summed E-state index contributed by atoms with van der Waals surface area (Å²) in [6.45, 7) is 9.25. The van der Waals surface area contributed by atoms with Crippen LogP contribution in [0.5, 0.6) is 5.75 Å². The lowest BCUT2D eigenvalue weighted by Crippen LogP contribution is -2.45. The summed E-state index contributed by atoms with van der Waals surface area (Å²) in [6, 6.07) is 2.70. The molecule has 1 aromatic heterocycles. The van der Waals surface area contributed by atoms with E-state index in [1.807, 2.05) is 6.92 Å². The summed E-state index contributed by atoms with van der Waals surface area (Å²) in [5.74, 6) is 0.614. The number of H-pyrrole nitrogens is 1. The van der Waals surface area contributed by atoms with Crippen molar-refractivity contribution in [2.75, 3.05) is 12.4 Å². The average Bonchev–Trinajstić information content (AvgIpc) is 3.08. The van der Waals surface area contributed by atoms with Crippen LogP contribution in [0.3, 0.4) is 0 Å². The van der Waals surface area contributed by atoms with E-state index in [1.54, 1.807) is 26.0 Å². The third-order valence-corrected chi connectivity index (χ3v) is 5.62. The summed E-state index contributed by atoms with van der Waals surface area (Å²) in [4.78, 5) is 32.2. The van der Waals surface area contributed by atoms with Gasteiger partial charge in [0, 0.05) is 23.6 Å². The van der Waals surface area contributed by atoms with E-state index < -0.39 is 5.54 Å². The Morgan fingerprint density at radius 3 is 3.00 bits per heavy atom. The number of rotatable bonds is 9. The number of aromatic nitrogens is 1. The van der Waals surface area contributed by atoms with Gasteiger partial charge in [0.05, 0.1) is 6.04 Å². The van der Waals surface area contributed by atoms with E-state index in [4.69, 9.17) is 9.94 Å². The molecular formula is C19H26N4O4S. The van der Waals surface area contributed by atoms with Crippen molar-refractivity contribution in [2.24, 2.45) is 10.1 Å². The zero-order valence-electron chi connectivity index (χ0n) is 16.3. The number of ether oxygens (including phenoxy) is 1. The van der Waals surface area contributed by atoms with Gasteiger partial charge in [-0.05, 0) is 20.3 Å². The quantitative estimate of drug-likeness (QED) is 0.252. The first-order valence-corrected chi connectivity index (χ1v) is 10.0. The minimum absolute atomic E-state index is 0.252. The second-order valence-corrected chi connectivity index (χ2v) is 7.68. The van der Waals surface area contributed by atoms with Crippen molar-refractivity contribution in [3.05, 3.63) is 40.8 Å². The summed E-state index contributed by atoms with van der Waals surface area (Å²) in [7, 11) is 0. The zero-order valence-corrected chi connectivity index (χ0v) is 17.1. The van der Waals surface area contributed by atoms with Crippen LogP contribution < -0.4 is 15.6 Å². The highest BCUT2D eigenvalue weighted by molar-refractivity contribution is 8.16. The number of thioether (sulfide) groups is 1. The van der Waals surface area contributed by atoms with Crippen LogP contribution >= 0.6 is 11.8 Å². The molecule has 0 bridgehead atoms. The number of nitrogens with zero attached hydrogens (tertiary/aromatic N) is 2. The van der Waals surface area contributed by atoms with Crippen LogP contribution in [0.1, 0.15) is 45.3 Å². The Kier molecular flexibility index (Phi) is 7.45. The number of hydrogen-bond acceptors (Lipinski definition) is 7. The van der Waals surface area contributed by atoms with Gasteiger partial charge < -0.3 is 20.2 Å². The van der Waals surface area contributed by atoms with E-state index >= 15 is 0 Å². The van der Waals surface area contributed by atoms with Crippen LogP contribution in [-0.4, -0.2) is 44.8 Å². The first-order chi connectivity index (χ1) is 13.3. The van der Waals surface area contributed by atoms with E-state index in [9.17, 15) is 9.59 Å². The monoisotopic (exact) mass is 406 g/mol. The number of amides is 1. The molecule has 0 aromatic carbocycles. The van der Waals surface area contributed by atoms with E-state index in [1.165, 1.54) is 17.8 Å². The normalized spacial score (nSPS) is 20.4. The molecule has 9 heteroatoms. The molecule has 0 radical (unpaired) electrons. The molecular weight excluding hydrogens is 380 g/mol. The Morgan fingerprint density at radius 2 is 2.36 bits per heavy atom. The molecule has 8 nitrogen and oxygen atoms in total. The lowest BCUT2D eigenvalue weighted by molar-refractivity contribution is -0.125. The van der Waals surface area contributed by atoms with Crippen molar-refractivity contribution in [1.29, 1.82) is 0 Å². The third-order valence-electron chi connectivity index (χ3n) is 4.25. The van der Waals surface area contributed by atoms with E-state index in [2.05, 4.69) is 27.0 Å². The lowest BCUT2D eigenvalue weighted by atomic mass is 10.0. The van der Waals surface area contributed by atoms with Gasteiger partial charge in [0.1, 0.15) is 28.7 Å². The van der Waals surface area contributed by atoms with Crippen molar-refractivity contribution in [3.8, 4) is 5.75 Å². The van der Waals surface area contributed by atoms with E-state index in [0.717, 1.165) is 6.42 Å². The number of oxime groups is 1. The minimum Gasteiger partial charge on any atom is -0.489 e. The Hall–Kier alpha value is -2.55. The van der Waals surface area contributed by atoms with Crippen LogP contribution in [-0.2, 0) is 4.79 Å². The van der Waals surface area contributed by atoms with Crippen molar-refractivity contribution < 1.29 is 14.7 Å². The summed E-state index contributed by atoms with van der Waals surface area (Å²) in [5, 5.41) is 15.6. The van der Waals surface area contributed by atoms with Crippen LogP contribution in [0.4, 0.5) is 0 Å². The predicted molar refractivity (Wildman–Crippen MR) is 112 cm³/mol. The molecule has 0 unspecified atom stereocenters. The number of hydrogen-bond donors (Lipinski definition) is 3. The first-order valence-electron chi connectivity index (χ1n) is 9.03. The molecule has 152 valence electrons. The molecule has 0 spiro atoms. The number of carbonyl (C=O) groups is 1. The van der Waals surface area contributed by atoms with Crippen molar-refractivity contribution in [1.82, 2.24) is 10.3 Å². The Morgan fingerprint density at radius 1 is 1.61 bits per heavy atom. The maximum absolute atomic E-state index is 13.0. The molecule has 0 saturated heterocycles. The van der Waals surface area contributed by atoms with Crippen LogP contribution in [0.15, 0.2) is 39.7 Å². The van der Waals surface area contributed by atoms with Crippen molar-refractivity contribution in [3.63, 3.8) is 0 Å². The Balaban J connectivity index is 2.24. The number of nitrogens with one attached hydrogen (secondary N) is 2. The fourth-order valence-electron chi connectivity index (χ4n) is 2.71. The molecule has 0 aliphatic carbocycles. The SMILES string of the molecule is C=CCOc1cc([C@@H](CCC)NC(=O)[C@]2(C)CSC(/C(C)=N/O)=N2)[nH]c(=O)c1. The van der Waals surface area contributed by atoms with Gasteiger partial charge in [-0.2, -0.15) is 0 Å². The zero-order chi connectivity index (χ0) is 20.7. The fourth-order valence-corrected chi connectivity index (χ4v) is 3.84. The predicted octanol–water partition coefficient (Wildman–Crippen LogP) is 2.65. The average molecular weight is 407 g/mol. The maximum Gasteiger partial charge on any atom is 0.251 e. The second-order valence-electron chi connectivity index (χ2n) is 6.71. The van der Waals surface area contributed by atoms with Crippen molar-refractivity contribution >= 4 is 28.4 Å². The summed E-state index contributed by atoms with van der Waals surface area (Å²) < 4.78 is 5.47. The van der Waals surface area contributed by atoms with E-state index in [0.29, 0.717) is 34.4 Å². The van der Waals surface area contributed by atoms with Gasteiger partial charge in [-0.25, -0.2) is 0 Å². The number of carbonyl (C=O) groups excluding carboxylic acids is 1.